The standard InChI is InChI=1S/C5H9N4/c1-3-4-5-6-8-9(2)7-5/h1,3-4H2,2H3. The maximum Gasteiger partial charge on any atom is 0.174 e. The van der Waals surface area contributed by atoms with Gasteiger partial charge in [-0.3, -0.25) is 0 Å². The highest BCUT2D eigenvalue weighted by atomic mass is 15.6. The van der Waals surface area contributed by atoms with Gasteiger partial charge in [-0.25, -0.2) is 0 Å². The molecular weight excluding hydrogens is 116 g/mol. The Morgan fingerprint density at radius 3 is 2.89 bits per heavy atom. The van der Waals surface area contributed by atoms with E-state index >= 15 is 0 Å². The number of hydrogen-bond donors (Lipinski definition) is 0. The summed E-state index contributed by atoms with van der Waals surface area (Å²) in [6.07, 6.45) is 1.64. The summed E-state index contributed by atoms with van der Waals surface area (Å²) in [5.41, 5.74) is 0. The number of tetrazole rings is 1. The molecule has 1 radical (unpaired) electrons. The van der Waals surface area contributed by atoms with Crippen LogP contribution < -0.4 is 0 Å². The van der Waals surface area contributed by atoms with Crippen LogP contribution in [0, 0.1) is 6.92 Å². The van der Waals surface area contributed by atoms with Gasteiger partial charge in [-0.15, -0.1) is 10.2 Å². The molecule has 0 spiro atoms. The highest BCUT2D eigenvalue weighted by molar-refractivity contribution is 4.76. The lowest BCUT2D eigenvalue weighted by molar-refractivity contribution is 0.627. The van der Waals surface area contributed by atoms with Crippen LogP contribution in [0.3, 0.4) is 0 Å². The highest BCUT2D eigenvalue weighted by Crippen LogP contribution is 1.89. The van der Waals surface area contributed by atoms with Crippen LogP contribution in [0.15, 0.2) is 0 Å². The minimum Gasteiger partial charge on any atom is -0.167 e. The van der Waals surface area contributed by atoms with Crippen LogP contribution in [0.4, 0.5) is 0 Å². The van der Waals surface area contributed by atoms with E-state index in [2.05, 4.69) is 22.3 Å². The normalized spacial score (nSPS) is 10.0. The van der Waals surface area contributed by atoms with Crippen LogP contribution in [0.1, 0.15) is 12.2 Å². The van der Waals surface area contributed by atoms with Gasteiger partial charge in [0.05, 0.1) is 7.05 Å². The van der Waals surface area contributed by atoms with Crippen LogP contribution in [-0.4, -0.2) is 20.2 Å². The van der Waals surface area contributed by atoms with E-state index in [4.69, 9.17) is 0 Å². The van der Waals surface area contributed by atoms with Crippen molar-refractivity contribution >= 4 is 0 Å². The summed E-state index contributed by atoms with van der Waals surface area (Å²) < 4.78 is 0. The lowest BCUT2D eigenvalue weighted by Gasteiger charge is -1.82. The molecule has 49 valence electrons. The molecule has 1 aromatic rings. The smallest absolute Gasteiger partial charge is 0.167 e. The van der Waals surface area contributed by atoms with E-state index in [9.17, 15) is 0 Å². The molecule has 1 heterocycles. The first kappa shape index (κ1) is 6.19. The van der Waals surface area contributed by atoms with Crippen LogP contribution in [0.5, 0.6) is 0 Å². The van der Waals surface area contributed by atoms with Crippen LogP contribution in [0.2, 0.25) is 0 Å². The molecule has 0 aliphatic heterocycles. The van der Waals surface area contributed by atoms with Gasteiger partial charge in [0.25, 0.3) is 0 Å². The summed E-state index contributed by atoms with van der Waals surface area (Å²) in [5.74, 6) is 0.771. The lowest BCUT2D eigenvalue weighted by atomic mass is 10.3. The fourth-order valence-corrected chi connectivity index (χ4v) is 0.582. The van der Waals surface area contributed by atoms with Gasteiger partial charge >= 0.3 is 0 Å². The third-order valence-electron chi connectivity index (χ3n) is 0.950. The molecule has 0 atom stereocenters. The Hall–Kier alpha value is -0.930. The zero-order valence-corrected chi connectivity index (χ0v) is 5.41. The first-order valence-corrected chi connectivity index (χ1v) is 2.85. The van der Waals surface area contributed by atoms with Crippen molar-refractivity contribution < 1.29 is 0 Å². The van der Waals surface area contributed by atoms with Gasteiger partial charge in [0.15, 0.2) is 5.82 Å². The second-order valence-electron chi connectivity index (χ2n) is 1.80. The SMILES string of the molecule is [CH2]CCc1nnn(C)n1. The number of hydrogen-bond acceptors (Lipinski definition) is 3. The van der Waals surface area contributed by atoms with Crippen molar-refractivity contribution in [1.82, 2.24) is 20.2 Å². The van der Waals surface area contributed by atoms with Crippen molar-refractivity contribution in [2.75, 3.05) is 0 Å². The van der Waals surface area contributed by atoms with Crippen molar-refractivity contribution in [3.8, 4) is 0 Å². The first-order chi connectivity index (χ1) is 4.33. The Bertz CT molecular complexity index is 181. The lowest BCUT2D eigenvalue weighted by Crippen LogP contribution is -1.92. The van der Waals surface area contributed by atoms with Gasteiger partial charge in [-0.05, 0) is 11.6 Å². The predicted molar refractivity (Wildman–Crippen MR) is 32.5 cm³/mol. The van der Waals surface area contributed by atoms with Gasteiger partial charge in [-0.1, -0.05) is 6.92 Å². The molecule has 9 heavy (non-hydrogen) atoms. The number of aryl methyl sites for hydroxylation is 2. The zero-order chi connectivity index (χ0) is 6.69. The van der Waals surface area contributed by atoms with E-state index in [0.717, 1.165) is 18.7 Å². The molecule has 4 heteroatoms. The van der Waals surface area contributed by atoms with Gasteiger partial charge in [-0.2, -0.15) is 4.80 Å². The van der Waals surface area contributed by atoms with Gasteiger partial charge < -0.3 is 0 Å². The highest BCUT2D eigenvalue weighted by Gasteiger charge is 1.95. The number of rotatable bonds is 2. The average molecular weight is 125 g/mol. The summed E-state index contributed by atoms with van der Waals surface area (Å²) in [6.45, 7) is 3.67. The Kier molecular flexibility index (Phi) is 1.77. The van der Waals surface area contributed by atoms with E-state index in [1.807, 2.05) is 0 Å². The topological polar surface area (TPSA) is 43.6 Å². The molecule has 4 nitrogen and oxygen atoms in total. The van der Waals surface area contributed by atoms with E-state index in [1.165, 1.54) is 4.80 Å². The second kappa shape index (κ2) is 2.57. The monoisotopic (exact) mass is 125 g/mol. The molecule has 0 bridgehead atoms. The quantitative estimate of drug-likeness (QED) is 0.557. The fraction of sp³-hybridized carbons (Fsp3) is 0.600. The second-order valence-corrected chi connectivity index (χ2v) is 1.80. The Morgan fingerprint density at radius 2 is 2.44 bits per heavy atom. The minimum atomic E-state index is 0.771. The fourth-order valence-electron chi connectivity index (χ4n) is 0.582. The van der Waals surface area contributed by atoms with E-state index < -0.39 is 0 Å². The molecule has 0 amide bonds. The van der Waals surface area contributed by atoms with Crippen molar-refractivity contribution in [3.63, 3.8) is 0 Å². The molecule has 0 N–H and O–H groups in total. The van der Waals surface area contributed by atoms with Crippen LogP contribution >= 0.6 is 0 Å². The third-order valence-corrected chi connectivity index (χ3v) is 0.950. The van der Waals surface area contributed by atoms with E-state index in [0.29, 0.717) is 0 Å². The third kappa shape index (κ3) is 1.48. The summed E-state index contributed by atoms with van der Waals surface area (Å²) in [6, 6.07) is 0. The van der Waals surface area contributed by atoms with Crippen molar-refractivity contribution in [2.24, 2.45) is 7.05 Å². The Morgan fingerprint density at radius 1 is 1.67 bits per heavy atom. The molecule has 0 aliphatic rings. The van der Waals surface area contributed by atoms with Crippen molar-refractivity contribution in [2.45, 2.75) is 12.8 Å². The molecule has 0 saturated heterocycles. The summed E-state index contributed by atoms with van der Waals surface area (Å²) in [7, 11) is 1.75. The van der Waals surface area contributed by atoms with Crippen LogP contribution in [-0.2, 0) is 13.5 Å². The maximum atomic E-state index is 3.95. The molecule has 1 aromatic heterocycles. The van der Waals surface area contributed by atoms with Gasteiger partial charge in [0, 0.05) is 6.42 Å². The van der Waals surface area contributed by atoms with Crippen LogP contribution in [0.25, 0.3) is 0 Å². The number of nitrogens with zero attached hydrogens (tertiary/aromatic N) is 4. The number of aromatic nitrogens is 4. The van der Waals surface area contributed by atoms with Gasteiger partial charge in [0.1, 0.15) is 0 Å². The first-order valence-electron chi connectivity index (χ1n) is 2.85. The molecule has 0 saturated carbocycles. The average Bonchev–Trinajstić information content (AvgIpc) is 2.17. The Balaban J connectivity index is 2.61. The Labute approximate surface area is 53.9 Å². The van der Waals surface area contributed by atoms with E-state index in [-0.39, 0.29) is 0 Å². The van der Waals surface area contributed by atoms with Crippen molar-refractivity contribution in [1.29, 1.82) is 0 Å². The maximum absolute atomic E-state index is 3.95. The largest absolute Gasteiger partial charge is 0.174 e. The molecule has 1 rings (SSSR count). The molecule has 0 unspecified atom stereocenters. The minimum absolute atomic E-state index is 0.771. The van der Waals surface area contributed by atoms with E-state index in [1.54, 1.807) is 7.05 Å². The summed E-state index contributed by atoms with van der Waals surface area (Å²) in [5, 5.41) is 11.4. The summed E-state index contributed by atoms with van der Waals surface area (Å²) in [4.78, 5) is 1.45. The molecule has 0 fully saturated rings. The van der Waals surface area contributed by atoms with Crippen molar-refractivity contribution in [3.05, 3.63) is 12.7 Å². The molecule has 0 aromatic carbocycles. The molecule has 0 aliphatic carbocycles. The zero-order valence-electron chi connectivity index (χ0n) is 5.41. The van der Waals surface area contributed by atoms with Gasteiger partial charge in [0.2, 0.25) is 0 Å². The summed E-state index contributed by atoms with van der Waals surface area (Å²) >= 11 is 0. The molecular formula is C5H9N4. The predicted octanol–water partition coefficient (Wildman–Crippen LogP) is -0.0232.